The summed E-state index contributed by atoms with van der Waals surface area (Å²) in [6.07, 6.45) is 8.23. The molecule has 2 saturated heterocycles. The molecule has 0 amide bonds. The van der Waals surface area contributed by atoms with Gasteiger partial charge in [0.15, 0.2) is 0 Å². The number of carbonyl (C=O) groups excluding carboxylic acids is 1. The number of fused-ring (bicyclic) bond motifs is 1. The van der Waals surface area contributed by atoms with E-state index in [1.807, 2.05) is 12.1 Å². The number of piperidine rings is 1. The Kier molecular flexibility index (Phi) is 3.16. The van der Waals surface area contributed by atoms with E-state index in [1.165, 1.54) is 31.2 Å². The van der Waals surface area contributed by atoms with Crippen LogP contribution in [-0.2, 0) is 0 Å². The minimum atomic E-state index is -0.482. The maximum absolute atomic E-state index is 10.9. The predicted octanol–water partition coefficient (Wildman–Crippen LogP) is 2.94. The smallest absolute Gasteiger partial charge is 0.150 e. The van der Waals surface area contributed by atoms with Crippen molar-refractivity contribution in [3.05, 3.63) is 35.4 Å². The van der Waals surface area contributed by atoms with Gasteiger partial charge < -0.3 is 5.11 Å². The zero-order valence-corrected chi connectivity index (χ0v) is 12.4. The monoisotopic (exact) mass is 285 g/mol. The average Bonchev–Trinajstić information content (AvgIpc) is 2.88. The molecule has 0 aromatic heterocycles. The van der Waals surface area contributed by atoms with Gasteiger partial charge in [-0.15, -0.1) is 0 Å². The lowest BCUT2D eigenvalue weighted by Gasteiger charge is -2.31. The summed E-state index contributed by atoms with van der Waals surface area (Å²) in [6.45, 7) is 0.854. The van der Waals surface area contributed by atoms with Gasteiger partial charge in [0.05, 0.1) is 0 Å². The highest BCUT2D eigenvalue weighted by atomic mass is 16.3. The molecule has 2 aliphatic heterocycles. The van der Waals surface area contributed by atoms with Gasteiger partial charge in [0.1, 0.15) is 12.0 Å². The number of nitrogens with zero attached hydrogens (tertiary/aromatic N) is 1. The molecule has 3 aliphatic rings. The van der Waals surface area contributed by atoms with Gasteiger partial charge in [-0.2, -0.15) is 0 Å². The van der Waals surface area contributed by atoms with Crippen LogP contribution in [0.3, 0.4) is 0 Å². The molecule has 0 spiro atoms. The number of rotatable bonds is 4. The van der Waals surface area contributed by atoms with Gasteiger partial charge >= 0.3 is 0 Å². The highest BCUT2D eigenvalue weighted by molar-refractivity contribution is 5.74. The topological polar surface area (TPSA) is 40.3 Å². The van der Waals surface area contributed by atoms with Crippen LogP contribution in [0.4, 0.5) is 0 Å². The third-order valence-corrected chi connectivity index (χ3v) is 5.88. The molecule has 1 unspecified atom stereocenters. The van der Waals surface area contributed by atoms with Gasteiger partial charge in [-0.3, -0.25) is 9.69 Å². The Labute approximate surface area is 126 Å². The largest absolute Gasteiger partial charge is 0.374 e. The minimum absolute atomic E-state index is 0.482. The van der Waals surface area contributed by atoms with Gasteiger partial charge in [-0.1, -0.05) is 37.1 Å². The Hall–Kier alpha value is -1.19. The quantitative estimate of drug-likeness (QED) is 0.683. The van der Waals surface area contributed by atoms with Crippen molar-refractivity contribution in [3.8, 4) is 0 Å². The molecule has 112 valence electrons. The van der Waals surface area contributed by atoms with E-state index in [0.29, 0.717) is 12.0 Å². The molecule has 1 saturated carbocycles. The fourth-order valence-corrected chi connectivity index (χ4v) is 4.72. The van der Waals surface area contributed by atoms with Crippen molar-refractivity contribution in [1.82, 2.24) is 4.90 Å². The first-order valence-electron chi connectivity index (χ1n) is 8.25. The van der Waals surface area contributed by atoms with E-state index in [1.54, 1.807) is 0 Å². The lowest BCUT2D eigenvalue weighted by Crippen LogP contribution is -2.30. The molecular formula is C18H23NO2. The third kappa shape index (κ3) is 2.23. The van der Waals surface area contributed by atoms with Crippen LogP contribution in [0.25, 0.3) is 0 Å². The first kappa shape index (κ1) is 13.5. The maximum atomic E-state index is 10.9. The highest BCUT2D eigenvalue weighted by Crippen LogP contribution is 2.52. The Morgan fingerprint density at radius 2 is 1.90 bits per heavy atom. The van der Waals surface area contributed by atoms with E-state index in [9.17, 15) is 9.90 Å². The number of hydrogen-bond donors (Lipinski definition) is 1. The van der Waals surface area contributed by atoms with Crippen LogP contribution in [0.5, 0.6) is 0 Å². The molecule has 1 aromatic rings. The molecule has 21 heavy (non-hydrogen) atoms. The number of aliphatic hydroxyl groups is 1. The average molecular weight is 285 g/mol. The highest BCUT2D eigenvalue weighted by Gasteiger charge is 2.60. The van der Waals surface area contributed by atoms with Gasteiger partial charge in [-0.25, -0.2) is 0 Å². The van der Waals surface area contributed by atoms with Crippen LogP contribution in [0.15, 0.2) is 24.3 Å². The van der Waals surface area contributed by atoms with Crippen LogP contribution in [0, 0.1) is 5.92 Å². The van der Waals surface area contributed by atoms with Crippen molar-refractivity contribution < 1.29 is 9.90 Å². The summed E-state index contributed by atoms with van der Waals surface area (Å²) < 4.78 is 0. The van der Waals surface area contributed by atoms with E-state index < -0.39 is 5.72 Å². The van der Waals surface area contributed by atoms with Crippen molar-refractivity contribution in [2.75, 3.05) is 6.54 Å². The van der Waals surface area contributed by atoms with Crippen LogP contribution in [0.2, 0.25) is 0 Å². The molecule has 3 fully saturated rings. The molecule has 1 aromatic carbocycles. The van der Waals surface area contributed by atoms with Crippen molar-refractivity contribution >= 4 is 6.29 Å². The van der Waals surface area contributed by atoms with E-state index in [2.05, 4.69) is 17.0 Å². The molecule has 2 heterocycles. The molecule has 0 radical (unpaired) electrons. The Morgan fingerprint density at radius 1 is 1.19 bits per heavy atom. The zero-order valence-electron chi connectivity index (χ0n) is 12.4. The lowest BCUT2D eigenvalue weighted by molar-refractivity contribution is 0.0998. The van der Waals surface area contributed by atoms with Crippen molar-refractivity contribution in [1.29, 1.82) is 0 Å². The minimum Gasteiger partial charge on any atom is -0.374 e. The number of aldehydes is 1. The molecule has 1 aliphatic carbocycles. The number of benzene rings is 1. The fraction of sp³-hybridized carbons (Fsp3) is 0.611. The van der Waals surface area contributed by atoms with Crippen LogP contribution >= 0.6 is 0 Å². The van der Waals surface area contributed by atoms with Crippen molar-refractivity contribution in [3.63, 3.8) is 0 Å². The fourth-order valence-electron chi connectivity index (χ4n) is 4.72. The van der Waals surface area contributed by atoms with Crippen LogP contribution < -0.4 is 0 Å². The second-order valence-electron chi connectivity index (χ2n) is 7.07. The first-order valence-corrected chi connectivity index (χ1v) is 8.25. The van der Waals surface area contributed by atoms with E-state index in [0.717, 1.165) is 37.2 Å². The summed E-state index contributed by atoms with van der Waals surface area (Å²) in [7, 11) is 0. The second kappa shape index (κ2) is 4.92. The Balaban J connectivity index is 1.64. The summed E-state index contributed by atoms with van der Waals surface area (Å²) in [5, 5.41) is 10.3. The molecular weight excluding hydrogens is 262 g/mol. The predicted molar refractivity (Wildman–Crippen MR) is 81.2 cm³/mol. The maximum Gasteiger partial charge on any atom is 0.150 e. The van der Waals surface area contributed by atoms with E-state index in [-0.39, 0.29) is 0 Å². The van der Waals surface area contributed by atoms with E-state index >= 15 is 0 Å². The summed E-state index contributed by atoms with van der Waals surface area (Å²) >= 11 is 0. The van der Waals surface area contributed by atoms with Gasteiger partial charge in [0, 0.05) is 24.1 Å². The number of hydrogen-bond acceptors (Lipinski definition) is 3. The third-order valence-electron chi connectivity index (χ3n) is 5.88. The van der Waals surface area contributed by atoms with Gasteiger partial charge in [-0.05, 0) is 37.2 Å². The summed E-state index contributed by atoms with van der Waals surface area (Å²) in [4.78, 5) is 13.2. The van der Waals surface area contributed by atoms with Gasteiger partial charge in [0.25, 0.3) is 0 Å². The molecule has 3 heteroatoms. The first-order chi connectivity index (χ1) is 10.2. The second-order valence-corrected chi connectivity index (χ2v) is 7.07. The molecule has 4 atom stereocenters. The zero-order chi connectivity index (χ0) is 14.4. The normalized spacial score (nSPS) is 36.4. The standard InChI is InChI=1S/C18H23NO2/c20-11-13-5-7-15(8-6-13)17(14-3-1-2-4-14)16-9-10-18(21)12-19(16)18/h5-8,11,14,16-17,21H,1-4,9-10,12H2/t16-,17+,18-,19?/m0/s1. The number of carbonyl (C=O) groups is 1. The summed E-state index contributed by atoms with van der Waals surface area (Å²) in [5.74, 6) is 1.25. The van der Waals surface area contributed by atoms with Crippen LogP contribution in [-0.4, -0.2) is 34.6 Å². The summed E-state index contributed by atoms with van der Waals surface area (Å²) in [6, 6.07) is 8.63. The Bertz CT molecular complexity index is 535. The van der Waals surface area contributed by atoms with Crippen LogP contribution in [0.1, 0.15) is 60.4 Å². The SMILES string of the molecule is O=Cc1ccc([C@@H](C2CCCC2)[C@@H]2CC[C@]3(O)CN23)cc1. The lowest BCUT2D eigenvalue weighted by atomic mass is 9.78. The molecule has 3 nitrogen and oxygen atoms in total. The molecule has 4 rings (SSSR count). The molecule has 0 bridgehead atoms. The van der Waals surface area contributed by atoms with E-state index in [4.69, 9.17) is 0 Å². The molecule has 1 N–H and O–H groups in total. The van der Waals surface area contributed by atoms with Gasteiger partial charge in [0.2, 0.25) is 0 Å². The summed E-state index contributed by atoms with van der Waals surface area (Å²) in [5.41, 5.74) is 1.62. The Morgan fingerprint density at radius 3 is 2.43 bits per heavy atom. The van der Waals surface area contributed by atoms with Crippen molar-refractivity contribution in [2.45, 2.75) is 56.2 Å². The van der Waals surface area contributed by atoms with Crippen molar-refractivity contribution in [2.24, 2.45) is 5.92 Å².